The number of aromatic nitrogens is 3. The van der Waals surface area contributed by atoms with Crippen LogP contribution in [-0.4, -0.2) is 75.7 Å². The molecule has 41 heavy (non-hydrogen) atoms. The number of thiophene rings is 1. The molecule has 3 amide bonds. The molecule has 0 aliphatic carbocycles. The van der Waals surface area contributed by atoms with Gasteiger partial charge >= 0.3 is 0 Å². The third kappa shape index (κ3) is 6.64. The van der Waals surface area contributed by atoms with Crippen LogP contribution in [0.2, 0.25) is 0 Å². The van der Waals surface area contributed by atoms with Crippen molar-refractivity contribution in [2.45, 2.75) is 0 Å². The number of aryl methyl sites for hydroxylation is 3. The Morgan fingerprint density at radius 3 is 2.00 bits per heavy atom. The van der Waals surface area contributed by atoms with Crippen molar-refractivity contribution in [2.24, 2.45) is 21.1 Å². The molecule has 0 spiro atoms. The van der Waals surface area contributed by atoms with E-state index >= 15 is 0 Å². The maximum absolute atomic E-state index is 13.1. The summed E-state index contributed by atoms with van der Waals surface area (Å²) >= 11 is 5.14. The Morgan fingerprint density at radius 1 is 0.854 bits per heavy atom. The van der Waals surface area contributed by atoms with Gasteiger partial charge in [-0.1, -0.05) is 0 Å². The van der Waals surface area contributed by atoms with E-state index in [2.05, 4.69) is 36.8 Å². The Hall–Kier alpha value is -3.65. The second kappa shape index (κ2) is 12.5. The lowest BCUT2D eigenvalue weighted by Gasteiger charge is -2.26. The molecule has 0 bridgehead atoms. The van der Waals surface area contributed by atoms with Crippen LogP contribution in [0.1, 0.15) is 31.5 Å². The van der Waals surface area contributed by atoms with Crippen molar-refractivity contribution in [2.75, 3.05) is 50.0 Å². The standard InChI is InChI=1S/C28H32BrN7O4S/c1-33-15-18(25-21(29)4-11-41-25)12-22(33)27(38)31-20-14-24(35(3)17-20)28(39)32-19-13-23(34(2)16-19)26(37)30-5-6-36-7-9-40-10-8-36/h4,11-17H,5-10H2,1-3H3,(H,30,37)(H,31,38)(H,32,39). The minimum atomic E-state index is -0.360. The van der Waals surface area contributed by atoms with E-state index in [1.165, 1.54) is 0 Å². The molecule has 5 rings (SSSR count). The van der Waals surface area contributed by atoms with Gasteiger partial charge in [-0.2, -0.15) is 0 Å². The number of halogens is 1. The predicted molar refractivity (Wildman–Crippen MR) is 163 cm³/mol. The summed E-state index contributed by atoms with van der Waals surface area (Å²) in [6.07, 6.45) is 5.29. The molecule has 3 N–H and O–H groups in total. The lowest BCUT2D eigenvalue weighted by Crippen LogP contribution is -2.41. The Labute approximate surface area is 250 Å². The molecule has 5 heterocycles. The normalized spacial score (nSPS) is 13.8. The Bertz CT molecular complexity index is 1580. The average Bonchev–Trinajstić information content (AvgIpc) is 3.71. The van der Waals surface area contributed by atoms with Crippen LogP contribution in [-0.2, 0) is 25.9 Å². The minimum Gasteiger partial charge on any atom is -0.379 e. The fourth-order valence-corrected chi connectivity index (χ4v) is 6.35. The van der Waals surface area contributed by atoms with Gasteiger partial charge in [0.1, 0.15) is 17.1 Å². The Kier molecular flexibility index (Phi) is 8.78. The van der Waals surface area contributed by atoms with Crippen LogP contribution in [0, 0.1) is 0 Å². The van der Waals surface area contributed by atoms with Crippen molar-refractivity contribution < 1.29 is 19.1 Å². The number of anilines is 2. The number of amides is 3. The molecule has 0 aromatic carbocycles. The van der Waals surface area contributed by atoms with Crippen LogP contribution < -0.4 is 16.0 Å². The Balaban J connectivity index is 1.19. The van der Waals surface area contributed by atoms with Crippen LogP contribution >= 0.6 is 27.3 Å². The van der Waals surface area contributed by atoms with Crippen LogP contribution in [0.15, 0.2) is 52.7 Å². The largest absolute Gasteiger partial charge is 0.379 e. The third-order valence-electron chi connectivity index (χ3n) is 6.93. The van der Waals surface area contributed by atoms with Gasteiger partial charge in [-0.3, -0.25) is 19.3 Å². The second-order valence-corrected chi connectivity index (χ2v) is 11.7. The average molecular weight is 643 g/mol. The van der Waals surface area contributed by atoms with Crippen molar-refractivity contribution in [1.82, 2.24) is 23.9 Å². The topological polar surface area (TPSA) is 115 Å². The molecule has 0 saturated carbocycles. The van der Waals surface area contributed by atoms with Gasteiger partial charge in [0, 0.05) is 80.8 Å². The van der Waals surface area contributed by atoms with Crippen molar-refractivity contribution >= 4 is 56.4 Å². The maximum Gasteiger partial charge on any atom is 0.272 e. The first-order valence-electron chi connectivity index (χ1n) is 13.1. The lowest BCUT2D eigenvalue weighted by atomic mass is 10.2. The number of ether oxygens (including phenoxy) is 1. The van der Waals surface area contributed by atoms with Gasteiger partial charge in [0.25, 0.3) is 17.7 Å². The van der Waals surface area contributed by atoms with Crippen LogP contribution in [0.4, 0.5) is 11.4 Å². The summed E-state index contributed by atoms with van der Waals surface area (Å²) in [5, 5.41) is 10.7. The summed E-state index contributed by atoms with van der Waals surface area (Å²) in [5.74, 6) is -0.849. The first kappa shape index (κ1) is 28.9. The van der Waals surface area contributed by atoms with E-state index in [-0.39, 0.29) is 17.7 Å². The molecule has 11 nitrogen and oxygen atoms in total. The highest BCUT2D eigenvalue weighted by Crippen LogP contribution is 2.34. The first-order chi connectivity index (χ1) is 19.7. The van der Waals surface area contributed by atoms with E-state index in [0.29, 0.717) is 48.2 Å². The van der Waals surface area contributed by atoms with E-state index in [9.17, 15) is 14.4 Å². The summed E-state index contributed by atoms with van der Waals surface area (Å²) in [6.45, 7) is 4.44. The summed E-state index contributed by atoms with van der Waals surface area (Å²) in [5.41, 5.74) is 3.24. The first-order valence-corrected chi connectivity index (χ1v) is 14.8. The van der Waals surface area contributed by atoms with E-state index < -0.39 is 0 Å². The summed E-state index contributed by atoms with van der Waals surface area (Å²) in [7, 11) is 5.31. The van der Waals surface area contributed by atoms with Crippen LogP contribution in [0.25, 0.3) is 10.4 Å². The zero-order valence-corrected chi connectivity index (χ0v) is 25.5. The molecular weight excluding hydrogens is 610 g/mol. The monoisotopic (exact) mass is 641 g/mol. The van der Waals surface area contributed by atoms with E-state index in [0.717, 1.165) is 34.5 Å². The molecule has 0 atom stereocenters. The molecule has 1 aliphatic heterocycles. The molecule has 216 valence electrons. The van der Waals surface area contributed by atoms with E-state index in [1.54, 1.807) is 63.7 Å². The van der Waals surface area contributed by atoms with Crippen LogP contribution in [0.3, 0.4) is 0 Å². The van der Waals surface area contributed by atoms with Crippen molar-refractivity contribution in [3.63, 3.8) is 0 Å². The molecule has 1 fully saturated rings. The highest BCUT2D eigenvalue weighted by Gasteiger charge is 2.19. The van der Waals surface area contributed by atoms with Crippen molar-refractivity contribution in [3.05, 3.63) is 69.8 Å². The Morgan fingerprint density at radius 2 is 1.41 bits per heavy atom. The summed E-state index contributed by atoms with van der Waals surface area (Å²) < 4.78 is 11.4. The lowest BCUT2D eigenvalue weighted by molar-refractivity contribution is 0.0383. The van der Waals surface area contributed by atoms with Crippen molar-refractivity contribution in [1.29, 1.82) is 0 Å². The zero-order valence-electron chi connectivity index (χ0n) is 23.1. The molecule has 0 unspecified atom stereocenters. The van der Waals surface area contributed by atoms with E-state index in [1.807, 2.05) is 30.8 Å². The molecule has 4 aromatic rings. The van der Waals surface area contributed by atoms with Gasteiger partial charge < -0.3 is 34.4 Å². The molecule has 1 aliphatic rings. The molecule has 1 saturated heterocycles. The summed E-state index contributed by atoms with van der Waals surface area (Å²) in [6, 6.07) is 7.08. The second-order valence-electron chi connectivity index (χ2n) is 9.89. The van der Waals surface area contributed by atoms with Gasteiger partial charge in [0.05, 0.1) is 24.6 Å². The van der Waals surface area contributed by atoms with E-state index in [4.69, 9.17) is 4.74 Å². The molecule has 4 aromatic heterocycles. The van der Waals surface area contributed by atoms with Gasteiger partial charge in [-0.15, -0.1) is 11.3 Å². The van der Waals surface area contributed by atoms with Gasteiger partial charge in [0.2, 0.25) is 0 Å². The number of morpholine rings is 1. The third-order valence-corrected chi connectivity index (χ3v) is 8.81. The van der Waals surface area contributed by atoms with Gasteiger partial charge in [-0.05, 0) is 45.6 Å². The zero-order chi connectivity index (χ0) is 29.1. The number of hydrogen-bond acceptors (Lipinski definition) is 6. The molecular formula is C28H32BrN7O4S. The highest BCUT2D eigenvalue weighted by molar-refractivity contribution is 9.10. The minimum absolute atomic E-state index is 0.208. The number of nitrogens with one attached hydrogen (secondary N) is 3. The van der Waals surface area contributed by atoms with Crippen molar-refractivity contribution in [3.8, 4) is 10.4 Å². The number of nitrogens with zero attached hydrogens (tertiary/aromatic N) is 4. The molecule has 0 radical (unpaired) electrons. The maximum atomic E-state index is 13.1. The number of rotatable bonds is 9. The summed E-state index contributed by atoms with van der Waals surface area (Å²) in [4.78, 5) is 42.2. The SMILES string of the molecule is Cn1cc(NC(=O)c2cc(NC(=O)c3cc(-c4sccc4Br)cn3C)cn2C)cc1C(=O)NCCN1CCOCC1. The highest BCUT2D eigenvalue weighted by atomic mass is 79.9. The number of carbonyl (C=O) groups is 3. The number of carbonyl (C=O) groups excluding carboxylic acids is 3. The number of hydrogen-bond donors (Lipinski definition) is 3. The van der Waals surface area contributed by atoms with Gasteiger partial charge in [0.15, 0.2) is 0 Å². The van der Waals surface area contributed by atoms with Crippen LogP contribution in [0.5, 0.6) is 0 Å². The quantitative estimate of drug-likeness (QED) is 0.258. The fraction of sp³-hybridized carbons (Fsp3) is 0.321. The predicted octanol–water partition coefficient (Wildman–Crippen LogP) is 3.76. The molecule has 13 heteroatoms. The van der Waals surface area contributed by atoms with Gasteiger partial charge in [-0.25, -0.2) is 0 Å². The smallest absolute Gasteiger partial charge is 0.272 e. The fourth-order valence-electron chi connectivity index (χ4n) is 4.76.